The number of hydrogen-bond donors (Lipinski definition) is 3. The van der Waals surface area contributed by atoms with Crippen LogP contribution in [0.1, 0.15) is 54.5 Å². The number of anilines is 2. The topological polar surface area (TPSA) is 140 Å². The van der Waals surface area contributed by atoms with Crippen LogP contribution in [0.3, 0.4) is 0 Å². The lowest BCUT2D eigenvalue weighted by molar-refractivity contribution is -0.146. The fraction of sp³-hybridized carbons (Fsp3) is 0.404. The molecule has 8 rings (SSSR count). The molecular formula is C47H56N6O6Si. The van der Waals surface area contributed by atoms with E-state index in [0.717, 1.165) is 47.5 Å². The largest absolute Gasteiger partial charge is 0.497 e. The molecule has 0 radical (unpaired) electrons. The zero-order valence-corrected chi connectivity index (χ0v) is 36.1. The second-order valence-electron chi connectivity index (χ2n) is 17.0. The summed E-state index contributed by atoms with van der Waals surface area (Å²) < 4.78 is 20.5. The maximum atomic E-state index is 15.5. The second kappa shape index (κ2) is 17.3. The minimum Gasteiger partial charge on any atom is -0.497 e. The van der Waals surface area contributed by atoms with Crippen LogP contribution in [0.15, 0.2) is 103 Å². The summed E-state index contributed by atoms with van der Waals surface area (Å²) in [7, 11) is 0.900. The van der Waals surface area contributed by atoms with Crippen LogP contribution in [-0.4, -0.2) is 80.0 Å². The number of rotatable bonds is 14. The fourth-order valence-corrected chi connectivity index (χ4v) is 14.1. The average Bonchev–Trinajstić information content (AvgIpc) is 3.93. The lowest BCUT2D eigenvalue weighted by Gasteiger charge is -2.37. The van der Waals surface area contributed by atoms with Crippen LogP contribution in [0.4, 0.5) is 11.4 Å². The van der Waals surface area contributed by atoms with E-state index in [1.54, 1.807) is 14.2 Å². The van der Waals surface area contributed by atoms with E-state index in [1.807, 2.05) is 101 Å². The van der Waals surface area contributed by atoms with Gasteiger partial charge in [0.05, 0.1) is 64.8 Å². The van der Waals surface area contributed by atoms with Gasteiger partial charge in [0.2, 0.25) is 5.91 Å². The van der Waals surface area contributed by atoms with Crippen LogP contribution < -0.4 is 30.2 Å². The molecule has 60 heavy (non-hydrogen) atoms. The van der Waals surface area contributed by atoms with Gasteiger partial charge in [0.15, 0.2) is 5.60 Å². The van der Waals surface area contributed by atoms with Gasteiger partial charge in [-0.25, -0.2) is 0 Å². The van der Waals surface area contributed by atoms with Crippen LogP contribution in [0.5, 0.6) is 11.5 Å². The fourth-order valence-electron chi connectivity index (χ4n) is 9.99. The van der Waals surface area contributed by atoms with Gasteiger partial charge >= 0.3 is 0 Å². The minimum absolute atomic E-state index is 0.00780. The number of aryl methyl sites for hydroxylation is 1. The van der Waals surface area contributed by atoms with E-state index in [1.165, 1.54) is 5.19 Å². The Morgan fingerprint density at radius 2 is 1.78 bits per heavy atom. The SMILES string of the molecule is COc1ccc([Si](C)(C)[C@H]2[C@H](CCn3cc(C(CO)c4ccccc4)nn3)O[C@@]3(C(=O)N(Cc4cccc(NC(=O)C5CCCNC5)c4)c4ccc(OC)cc43)[C@@H]2C)cc1. The molecule has 1 spiro atoms. The van der Waals surface area contributed by atoms with Crippen molar-refractivity contribution in [3.63, 3.8) is 0 Å². The number of hydrogen-bond acceptors (Lipinski definition) is 9. The number of ether oxygens (including phenoxy) is 3. The van der Waals surface area contributed by atoms with E-state index in [0.29, 0.717) is 43.2 Å². The molecule has 5 aromatic rings. The van der Waals surface area contributed by atoms with Gasteiger partial charge in [0, 0.05) is 36.5 Å². The number of methoxy groups -OCH3 is 2. The maximum Gasteiger partial charge on any atom is 0.264 e. The summed E-state index contributed by atoms with van der Waals surface area (Å²) in [5.74, 6) is 0.767. The summed E-state index contributed by atoms with van der Waals surface area (Å²) in [5.41, 5.74) is 3.60. The number of aliphatic hydroxyl groups is 1. The predicted molar refractivity (Wildman–Crippen MR) is 234 cm³/mol. The Labute approximate surface area is 353 Å². The van der Waals surface area contributed by atoms with Crippen molar-refractivity contribution in [2.75, 3.05) is 44.1 Å². The number of aliphatic hydroxyl groups excluding tert-OH is 1. The van der Waals surface area contributed by atoms with Crippen LogP contribution in [0.25, 0.3) is 0 Å². The van der Waals surface area contributed by atoms with Gasteiger partial charge in [-0.1, -0.05) is 85.0 Å². The van der Waals surface area contributed by atoms with E-state index in [-0.39, 0.29) is 47.8 Å². The lowest BCUT2D eigenvalue weighted by atomic mass is 9.82. The Kier molecular flexibility index (Phi) is 12.0. The molecule has 0 bridgehead atoms. The molecule has 2 fully saturated rings. The van der Waals surface area contributed by atoms with Crippen LogP contribution >= 0.6 is 0 Å². The molecule has 3 aliphatic rings. The van der Waals surface area contributed by atoms with Crippen molar-refractivity contribution in [1.82, 2.24) is 20.3 Å². The predicted octanol–water partition coefficient (Wildman–Crippen LogP) is 6.21. The highest BCUT2D eigenvalue weighted by Crippen LogP contribution is 2.60. The van der Waals surface area contributed by atoms with Gasteiger partial charge < -0.3 is 34.9 Å². The average molecular weight is 829 g/mol. The summed E-state index contributed by atoms with van der Waals surface area (Å²) in [6.45, 7) is 9.26. The zero-order valence-electron chi connectivity index (χ0n) is 35.1. The van der Waals surface area contributed by atoms with Gasteiger partial charge in [-0.15, -0.1) is 5.10 Å². The third kappa shape index (κ3) is 7.75. The van der Waals surface area contributed by atoms with Crippen LogP contribution in [-0.2, 0) is 33.0 Å². The second-order valence-corrected chi connectivity index (χ2v) is 21.7. The van der Waals surface area contributed by atoms with E-state index < -0.39 is 13.7 Å². The molecular weight excluding hydrogens is 773 g/mol. The molecule has 4 aromatic carbocycles. The highest BCUT2D eigenvalue weighted by atomic mass is 28.3. The van der Waals surface area contributed by atoms with Crippen molar-refractivity contribution in [2.24, 2.45) is 11.8 Å². The Bertz CT molecular complexity index is 2300. The molecule has 1 aromatic heterocycles. The number of benzene rings is 4. The first-order valence-electron chi connectivity index (χ1n) is 21.1. The number of carbonyl (C=O) groups excluding carboxylic acids is 2. The highest BCUT2D eigenvalue weighted by molar-refractivity contribution is 6.91. The van der Waals surface area contributed by atoms with Crippen molar-refractivity contribution in [2.45, 2.75) is 75.5 Å². The Morgan fingerprint density at radius 1 is 1.02 bits per heavy atom. The number of piperidine rings is 1. The molecule has 2 saturated heterocycles. The molecule has 0 aliphatic carbocycles. The number of amides is 2. The standard InChI is InChI=1S/C47H56N6O6Si/c1-31-44(60(4,5)38-19-16-36(57-2)17-20-38)43(22-24-52-29-41(50-51-52)39(30-54)33-12-7-6-8-13-33)59-47(31)40-26-37(58-3)18-21-42(40)53(46(47)56)28-32-11-9-15-35(25-32)49-45(55)34-14-10-23-48-27-34/h6-9,11-13,15-21,25-26,29,31,34,39,43-44,48,54H,10,14,22-24,27-28,30H2,1-5H3,(H,49,55)/t31-,34?,39?,43+,44-,47+/m1/s1. The molecule has 2 unspecified atom stereocenters. The lowest BCUT2D eigenvalue weighted by Crippen LogP contribution is -2.51. The first-order chi connectivity index (χ1) is 29.1. The highest BCUT2D eigenvalue weighted by Gasteiger charge is 2.66. The van der Waals surface area contributed by atoms with Gasteiger partial charge in [0.1, 0.15) is 11.5 Å². The molecule has 12 nitrogen and oxygen atoms in total. The van der Waals surface area contributed by atoms with Crippen molar-refractivity contribution < 1.29 is 28.9 Å². The van der Waals surface area contributed by atoms with Crippen molar-refractivity contribution >= 4 is 36.4 Å². The normalized spacial score (nSPS) is 23.1. The third-order valence-electron chi connectivity index (χ3n) is 13.2. The molecule has 3 N–H and O–H groups in total. The van der Waals surface area contributed by atoms with Crippen molar-refractivity contribution in [3.05, 3.63) is 126 Å². The summed E-state index contributed by atoms with van der Waals surface area (Å²) >= 11 is 0. The zero-order chi connectivity index (χ0) is 42.0. The van der Waals surface area contributed by atoms with E-state index in [9.17, 15) is 9.90 Å². The molecule has 13 heteroatoms. The first kappa shape index (κ1) is 41.4. The van der Waals surface area contributed by atoms with Crippen LogP contribution in [0.2, 0.25) is 18.6 Å². The van der Waals surface area contributed by atoms with E-state index >= 15 is 4.79 Å². The Balaban J connectivity index is 1.12. The minimum atomic E-state index is -2.41. The number of fused-ring (bicyclic) bond motifs is 2. The molecule has 6 atom stereocenters. The molecule has 2 amide bonds. The number of nitrogens with zero attached hydrogens (tertiary/aromatic N) is 4. The summed E-state index contributed by atoms with van der Waals surface area (Å²) in [6.07, 6.45) is 4.03. The van der Waals surface area contributed by atoms with Crippen molar-refractivity contribution in [1.29, 1.82) is 0 Å². The van der Waals surface area contributed by atoms with Gasteiger partial charge in [-0.2, -0.15) is 0 Å². The number of carbonyl (C=O) groups is 2. The van der Waals surface area contributed by atoms with Gasteiger partial charge in [-0.05, 0) is 84.9 Å². The Morgan fingerprint density at radius 3 is 2.50 bits per heavy atom. The molecule has 4 heterocycles. The quantitative estimate of drug-likeness (QED) is 0.112. The van der Waals surface area contributed by atoms with Gasteiger partial charge in [-0.3, -0.25) is 14.3 Å². The summed E-state index contributed by atoms with van der Waals surface area (Å²) in [4.78, 5) is 30.5. The summed E-state index contributed by atoms with van der Waals surface area (Å²) in [5, 5.41) is 27.0. The maximum absolute atomic E-state index is 15.5. The summed E-state index contributed by atoms with van der Waals surface area (Å²) in [6, 6.07) is 31.8. The first-order valence-corrected chi connectivity index (χ1v) is 24.1. The van der Waals surface area contributed by atoms with Crippen molar-refractivity contribution in [3.8, 4) is 11.5 Å². The van der Waals surface area contributed by atoms with E-state index in [4.69, 9.17) is 14.2 Å². The molecule has 3 aliphatic heterocycles. The van der Waals surface area contributed by atoms with Gasteiger partial charge in [0.25, 0.3) is 5.91 Å². The third-order valence-corrected chi connectivity index (χ3v) is 17.5. The van der Waals surface area contributed by atoms with E-state index in [2.05, 4.69) is 53.1 Å². The monoisotopic (exact) mass is 828 g/mol. The molecule has 314 valence electrons. The number of aromatic nitrogens is 3. The van der Waals surface area contributed by atoms with Crippen LogP contribution in [0, 0.1) is 11.8 Å². The number of nitrogens with one attached hydrogen (secondary N) is 2. The smallest absolute Gasteiger partial charge is 0.264 e. The molecule has 0 saturated carbocycles. The Hall–Kier alpha value is -5.34.